The molecule has 0 aliphatic heterocycles. The van der Waals surface area contributed by atoms with Crippen LogP contribution in [-0.4, -0.2) is 14.9 Å². The van der Waals surface area contributed by atoms with Crippen molar-refractivity contribution in [3.8, 4) is 0 Å². The first-order valence-corrected chi connectivity index (χ1v) is 5.59. The maximum atomic E-state index is 13.4. The normalized spacial score (nSPS) is 12.7. The molecule has 0 saturated carbocycles. The van der Waals surface area contributed by atoms with Crippen LogP contribution in [0, 0.1) is 12.7 Å². The third-order valence-corrected chi connectivity index (χ3v) is 2.84. The maximum absolute atomic E-state index is 13.4. The van der Waals surface area contributed by atoms with Gasteiger partial charge in [0.15, 0.2) is 0 Å². The van der Waals surface area contributed by atoms with Crippen molar-refractivity contribution in [1.82, 2.24) is 9.78 Å². The summed E-state index contributed by atoms with van der Waals surface area (Å²) in [6.07, 6.45) is 0.791. The number of hydrogen-bond acceptors (Lipinski definition) is 2. The number of rotatable bonds is 3. The zero-order valence-corrected chi connectivity index (χ0v) is 9.89. The summed E-state index contributed by atoms with van der Waals surface area (Å²) in [7, 11) is 0. The first kappa shape index (κ1) is 11.8. The standard InChI is InChI=1S/C13H15FN2O/c1-3-16-12(6-7-15-16)13(17)10-5-4-9(2)11(14)8-10/h4-8,13,17H,3H2,1-2H3. The predicted octanol–water partition coefficient (Wildman–Crippen LogP) is 2.43. The monoisotopic (exact) mass is 234 g/mol. The van der Waals surface area contributed by atoms with E-state index in [1.54, 1.807) is 36.0 Å². The molecule has 1 N–H and O–H groups in total. The maximum Gasteiger partial charge on any atom is 0.126 e. The van der Waals surface area contributed by atoms with Crippen LogP contribution >= 0.6 is 0 Å². The van der Waals surface area contributed by atoms with Crippen molar-refractivity contribution in [2.75, 3.05) is 0 Å². The zero-order chi connectivity index (χ0) is 12.4. The Hall–Kier alpha value is -1.68. The molecule has 2 rings (SSSR count). The number of aliphatic hydroxyl groups excluding tert-OH is 1. The number of hydrogen-bond donors (Lipinski definition) is 1. The van der Waals surface area contributed by atoms with E-state index >= 15 is 0 Å². The van der Waals surface area contributed by atoms with Crippen LogP contribution in [0.3, 0.4) is 0 Å². The van der Waals surface area contributed by atoms with Gasteiger partial charge in [-0.05, 0) is 37.1 Å². The van der Waals surface area contributed by atoms with Crippen LogP contribution < -0.4 is 0 Å². The van der Waals surface area contributed by atoms with E-state index in [1.165, 1.54) is 6.07 Å². The van der Waals surface area contributed by atoms with Gasteiger partial charge in [-0.15, -0.1) is 0 Å². The highest BCUT2D eigenvalue weighted by Gasteiger charge is 2.15. The minimum atomic E-state index is -0.840. The molecule has 0 amide bonds. The Morgan fingerprint density at radius 1 is 1.41 bits per heavy atom. The van der Waals surface area contributed by atoms with Gasteiger partial charge in [-0.2, -0.15) is 5.10 Å². The van der Waals surface area contributed by atoms with E-state index in [4.69, 9.17) is 0 Å². The summed E-state index contributed by atoms with van der Waals surface area (Å²) in [6, 6.07) is 6.51. The molecule has 0 radical (unpaired) electrons. The lowest BCUT2D eigenvalue weighted by Gasteiger charge is -2.13. The molecule has 4 heteroatoms. The Bertz CT molecular complexity index is 522. The second-order valence-corrected chi connectivity index (χ2v) is 3.98. The van der Waals surface area contributed by atoms with Gasteiger partial charge in [0.1, 0.15) is 11.9 Å². The smallest absolute Gasteiger partial charge is 0.126 e. The third-order valence-electron chi connectivity index (χ3n) is 2.84. The molecule has 90 valence electrons. The third kappa shape index (κ3) is 2.22. The summed E-state index contributed by atoms with van der Waals surface area (Å²) in [5.41, 5.74) is 1.80. The van der Waals surface area contributed by atoms with Gasteiger partial charge < -0.3 is 5.11 Å². The second kappa shape index (κ2) is 4.67. The Balaban J connectivity index is 2.36. The van der Waals surface area contributed by atoms with Crippen LogP contribution in [0.15, 0.2) is 30.5 Å². The molecule has 3 nitrogen and oxygen atoms in total. The second-order valence-electron chi connectivity index (χ2n) is 3.98. The molecular weight excluding hydrogens is 219 g/mol. The van der Waals surface area contributed by atoms with Gasteiger partial charge in [0, 0.05) is 12.7 Å². The van der Waals surface area contributed by atoms with Crippen LogP contribution in [0.2, 0.25) is 0 Å². The fraction of sp³-hybridized carbons (Fsp3) is 0.308. The van der Waals surface area contributed by atoms with E-state index in [1.807, 2.05) is 6.92 Å². The Morgan fingerprint density at radius 2 is 2.18 bits per heavy atom. The number of benzene rings is 1. The van der Waals surface area contributed by atoms with Crippen LogP contribution in [-0.2, 0) is 6.54 Å². The van der Waals surface area contributed by atoms with Crippen molar-refractivity contribution in [2.24, 2.45) is 0 Å². The van der Waals surface area contributed by atoms with E-state index in [0.717, 1.165) is 0 Å². The average Bonchev–Trinajstić information content (AvgIpc) is 2.80. The fourth-order valence-corrected chi connectivity index (χ4v) is 1.79. The predicted molar refractivity (Wildman–Crippen MR) is 63.1 cm³/mol. The van der Waals surface area contributed by atoms with Crippen molar-refractivity contribution < 1.29 is 9.50 Å². The first-order chi connectivity index (χ1) is 8.13. The first-order valence-electron chi connectivity index (χ1n) is 5.59. The number of halogens is 1. The Labute approximate surface area is 99.5 Å². The highest BCUT2D eigenvalue weighted by molar-refractivity contribution is 5.29. The fourth-order valence-electron chi connectivity index (χ4n) is 1.79. The molecule has 1 aromatic heterocycles. The highest BCUT2D eigenvalue weighted by Crippen LogP contribution is 2.23. The SMILES string of the molecule is CCn1nccc1C(O)c1ccc(C)c(F)c1. The quantitative estimate of drug-likeness (QED) is 0.885. The van der Waals surface area contributed by atoms with E-state index in [0.29, 0.717) is 23.4 Å². The van der Waals surface area contributed by atoms with Crippen LogP contribution in [0.5, 0.6) is 0 Å². The number of nitrogens with zero attached hydrogens (tertiary/aromatic N) is 2. The highest BCUT2D eigenvalue weighted by atomic mass is 19.1. The lowest BCUT2D eigenvalue weighted by atomic mass is 10.0. The van der Waals surface area contributed by atoms with Crippen LogP contribution in [0.1, 0.15) is 29.8 Å². The molecule has 1 atom stereocenters. The van der Waals surface area contributed by atoms with Gasteiger partial charge in [-0.25, -0.2) is 4.39 Å². The molecule has 0 aliphatic carbocycles. The minimum Gasteiger partial charge on any atom is -0.382 e. The molecule has 0 spiro atoms. The summed E-state index contributed by atoms with van der Waals surface area (Å²) in [4.78, 5) is 0. The van der Waals surface area contributed by atoms with Crippen molar-refractivity contribution in [3.05, 3.63) is 53.1 Å². The summed E-state index contributed by atoms with van der Waals surface area (Å²) < 4.78 is 15.1. The topological polar surface area (TPSA) is 38.0 Å². The Kier molecular flexibility index (Phi) is 3.24. The molecule has 17 heavy (non-hydrogen) atoms. The largest absolute Gasteiger partial charge is 0.382 e. The van der Waals surface area contributed by atoms with Crippen LogP contribution in [0.25, 0.3) is 0 Å². The molecular formula is C13H15FN2O. The molecule has 1 unspecified atom stereocenters. The van der Waals surface area contributed by atoms with Gasteiger partial charge in [0.05, 0.1) is 5.69 Å². The van der Waals surface area contributed by atoms with E-state index in [9.17, 15) is 9.50 Å². The Morgan fingerprint density at radius 3 is 2.82 bits per heavy atom. The van der Waals surface area contributed by atoms with Crippen molar-refractivity contribution in [3.63, 3.8) is 0 Å². The number of aryl methyl sites for hydroxylation is 2. The van der Waals surface area contributed by atoms with E-state index in [-0.39, 0.29) is 5.82 Å². The molecule has 1 aromatic carbocycles. The van der Waals surface area contributed by atoms with Crippen molar-refractivity contribution in [2.45, 2.75) is 26.5 Å². The summed E-state index contributed by atoms with van der Waals surface area (Å²) in [6.45, 7) is 4.31. The average molecular weight is 234 g/mol. The molecule has 0 bridgehead atoms. The van der Waals surface area contributed by atoms with Crippen molar-refractivity contribution >= 4 is 0 Å². The summed E-state index contributed by atoms with van der Waals surface area (Å²) in [5.74, 6) is -0.302. The molecule has 0 saturated heterocycles. The van der Waals surface area contributed by atoms with Gasteiger partial charge >= 0.3 is 0 Å². The van der Waals surface area contributed by atoms with E-state index in [2.05, 4.69) is 5.10 Å². The molecule has 2 aromatic rings. The van der Waals surface area contributed by atoms with Gasteiger partial charge in [-0.1, -0.05) is 12.1 Å². The van der Waals surface area contributed by atoms with Crippen molar-refractivity contribution in [1.29, 1.82) is 0 Å². The van der Waals surface area contributed by atoms with E-state index < -0.39 is 6.10 Å². The lowest BCUT2D eigenvalue weighted by molar-refractivity contribution is 0.207. The minimum absolute atomic E-state index is 0.302. The van der Waals surface area contributed by atoms with Gasteiger partial charge in [0.2, 0.25) is 0 Å². The summed E-state index contributed by atoms with van der Waals surface area (Å²) >= 11 is 0. The lowest BCUT2D eigenvalue weighted by Crippen LogP contribution is -2.09. The van der Waals surface area contributed by atoms with Crippen LogP contribution in [0.4, 0.5) is 4.39 Å². The zero-order valence-electron chi connectivity index (χ0n) is 9.89. The van der Waals surface area contributed by atoms with Gasteiger partial charge in [-0.3, -0.25) is 4.68 Å². The number of aromatic nitrogens is 2. The van der Waals surface area contributed by atoms with Gasteiger partial charge in [0.25, 0.3) is 0 Å². The number of aliphatic hydroxyl groups is 1. The molecule has 1 heterocycles. The molecule has 0 aliphatic rings. The summed E-state index contributed by atoms with van der Waals surface area (Å²) in [5, 5.41) is 14.3. The molecule has 0 fully saturated rings.